The van der Waals surface area contributed by atoms with Crippen molar-refractivity contribution < 1.29 is 9.47 Å². The summed E-state index contributed by atoms with van der Waals surface area (Å²) in [5.41, 5.74) is 7.38. The average Bonchev–Trinajstić information content (AvgIpc) is 2.47. The Morgan fingerprint density at radius 3 is 2.62 bits per heavy atom. The molecule has 0 aliphatic heterocycles. The standard InChI is InChI=1S/C15H20N4O2/c1-4-20-11-6-7-13(21-5-2)12(8-11)19-15-10(3)14(16)17-9-18-15/h6-9H,4-5H2,1-3H3,(H3,16,17,18,19). The predicted octanol–water partition coefficient (Wildman–Crippen LogP) is 2.91. The molecular formula is C15H20N4O2. The first-order valence-electron chi connectivity index (χ1n) is 6.89. The molecule has 112 valence electrons. The fourth-order valence-electron chi connectivity index (χ4n) is 1.86. The number of aromatic nitrogens is 2. The van der Waals surface area contributed by atoms with E-state index in [0.717, 1.165) is 22.7 Å². The summed E-state index contributed by atoms with van der Waals surface area (Å²) in [6.45, 7) is 6.93. The highest BCUT2D eigenvalue weighted by Crippen LogP contribution is 2.32. The highest BCUT2D eigenvalue weighted by atomic mass is 16.5. The summed E-state index contributed by atoms with van der Waals surface area (Å²) in [6.07, 6.45) is 1.43. The maximum absolute atomic E-state index is 5.80. The summed E-state index contributed by atoms with van der Waals surface area (Å²) in [5.74, 6) is 2.60. The Morgan fingerprint density at radius 1 is 1.14 bits per heavy atom. The molecule has 6 heteroatoms. The van der Waals surface area contributed by atoms with Crippen molar-refractivity contribution in [3.05, 3.63) is 30.1 Å². The van der Waals surface area contributed by atoms with Crippen LogP contribution in [0.5, 0.6) is 11.5 Å². The molecule has 21 heavy (non-hydrogen) atoms. The molecular weight excluding hydrogens is 268 g/mol. The smallest absolute Gasteiger partial charge is 0.143 e. The molecule has 1 aromatic carbocycles. The van der Waals surface area contributed by atoms with Crippen molar-refractivity contribution in [1.29, 1.82) is 0 Å². The molecule has 0 unspecified atom stereocenters. The summed E-state index contributed by atoms with van der Waals surface area (Å²) >= 11 is 0. The van der Waals surface area contributed by atoms with E-state index in [0.29, 0.717) is 24.8 Å². The molecule has 1 aromatic heterocycles. The molecule has 0 aliphatic rings. The predicted molar refractivity (Wildman–Crippen MR) is 83.2 cm³/mol. The van der Waals surface area contributed by atoms with Gasteiger partial charge in [0.05, 0.1) is 18.9 Å². The van der Waals surface area contributed by atoms with Gasteiger partial charge in [-0.2, -0.15) is 0 Å². The van der Waals surface area contributed by atoms with E-state index in [1.807, 2.05) is 39.0 Å². The van der Waals surface area contributed by atoms with Crippen LogP contribution in [0.2, 0.25) is 0 Å². The molecule has 0 saturated heterocycles. The number of ether oxygens (including phenoxy) is 2. The van der Waals surface area contributed by atoms with Gasteiger partial charge in [0.2, 0.25) is 0 Å². The van der Waals surface area contributed by atoms with Crippen molar-refractivity contribution in [3.8, 4) is 11.5 Å². The van der Waals surface area contributed by atoms with Gasteiger partial charge in [-0.15, -0.1) is 0 Å². The summed E-state index contributed by atoms with van der Waals surface area (Å²) in [5, 5.41) is 3.23. The van der Waals surface area contributed by atoms with Gasteiger partial charge in [-0.3, -0.25) is 0 Å². The topological polar surface area (TPSA) is 82.3 Å². The maximum Gasteiger partial charge on any atom is 0.143 e. The molecule has 1 heterocycles. The molecule has 0 aliphatic carbocycles. The zero-order valence-corrected chi connectivity index (χ0v) is 12.5. The summed E-state index contributed by atoms with van der Waals surface area (Å²) < 4.78 is 11.1. The second kappa shape index (κ2) is 6.78. The van der Waals surface area contributed by atoms with Crippen molar-refractivity contribution in [2.24, 2.45) is 0 Å². The Balaban J connectivity index is 2.35. The third-order valence-electron chi connectivity index (χ3n) is 2.94. The number of hydrogen-bond donors (Lipinski definition) is 2. The van der Waals surface area contributed by atoms with Crippen molar-refractivity contribution in [2.75, 3.05) is 24.3 Å². The lowest BCUT2D eigenvalue weighted by Crippen LogP contribution is -2.04. The monoisotopic (exact) mass is 288 g/mol. The minimum Gasteiger partial charge on any atom is -0.494 e. The average molecular weight is 288 g/mol. The number of nitrogens with one attached hydrogen (secondary N) is 1. The van der Waals surface area contributed by atoms with Crippen LogP contribution in [0.1, 0.15) is 19.4 Å². The van der Waals surface area contributed by atoms with Gasteiger partial charge in [-0.05, 0) is 32.9 Å². The minimum absolute atomic E-state index is 0.450. The van der Waals surface area contributed by atoms with Crippen LogP contribution in [0.15, 0.2) is 24.5 Å². The van der Waals surface area contributed by atoms with Gasteiger partial charge < -0.3 is 20.5 Å². The Kier molecular flexibility index (Phi) is 4.81. The first-order valence-corrected chi connectivity index (χ1v) is 6.89. The SMILES string of the molecule is CCOc1ccc(OCC)c(Nc2ncnc(N)c2C)c1. The highest BCUT2D eigenvalue weighted by Gasteiger charge is 2.10. The van der Waals surface area contributed by atoms with Crippen LogP contribution in [-0.2, 0) is 0 Å². The van der Waals surface area contributed by atoms with Crippen LogP contribution < -0.4 is 20.5 Å². The highest BCUT2D eigenvalue weighted by molar-refractivity contribution is 5.69. The minimum atomic E-state index is 0.450. The quantitative estimate of drug-likeness (QED) is 0.850. The molecule has 3 N–H and O–H groups in total. The van der Waals surface area contributed by atoms with Crippen molar-refractivity contribution >= 4 is 17.3 Å². The molecule has 0 bridgehead atoms. The normalized spacial score (nSPS) is 10.2. The van der Waals surface area contributed by atoms with Crippen molar-refractivity contribution in [2.45, 2.75) is 20.8 Å². The van der Waals surface area contributed by atoms with E-state index in [4.69, 9.17) is 15.2 Å². The summed E-state index contributed by atoms with van der Waals surface area (Å²) in [4.78, 5) is 8.17. The number of anilines is 3. The Hall–Kier alpha value is -2.50. The second-order valence-electron chi connectivity index (χ2n) is 4.38. The Labute approximate surface area is 124 Å². The first kappa shape index (κ1) is 14.9. The van der Waals surface area contributed by atoms with E-state index in [1.54, 1.807) is 0 Å². The zero-order chi connectivity index (χ0) is 15.2. The van der Waals surface area contributed by atoms with Gasteiger partial charge in [-0.25, -0.2) is 9.97 Å². The lowest BCUT2D eigenvalue weighted by molar-refractivity contribution is 0.332. The molecule has 0 saturated carbocycles. The molecule has 0 spiro atoms. The third-order valence-corrected chi connectivity index (χ3v) is 2.94. The van der Waals surface area contributed by atoms with Gasteiger partial charge in [0.15, 0.2) is 0 Å². The Bertz CT molecular complexity index is 617. The summed E-state index contributed by atoms with van der Waals surface area (Å²) in [7, 11) is 0. The third kappa shape index (κ3) is 3.53. The number of rotatable bonds is 6. The van der Waals surface area contributed by atoms with E-state index in [-0.39, 0.29) is 0 Å². The van der Waals surface area contributed by atoms with E-state index >= 15 is 0 Å². The van der Waals surface area contributed by atoms with Gasteiger partial charge >= 0.3 is 0 Å². The fraction of sp³-hybridized carbons (Fsp3) is 0.333. The zero-order valence-electron chi connectivity index (χ0n) is 12.5. The number of nitrogens with zero attached hydrogens (tertiary/aromatic N) is 2. The molecule has 2 rings (SSSR count). The van der Waals surface area contributed by atoms with Gasteiger partial charge in [0, 0.05) is 11.6 Å². The Morgan fingerprint density at radius 2 is 1.90 bits per heavy atom. The van der Waals surface area contributed by atoms with Crippen molar-refractivity contribution in [3.63, 3.8) is 0 Å². The number of benzene rings is 1. The van der Waals surface area contributed by atoms with E-state index in [1.165, 1.54) is 6.33 Å². The number of nitrogen functional groups attached to an aromatic ring is 1. The molecule has 0 radical (unpaired) electrons. The van der Waals surface area contributed by atoms with Gasteiger partial charge in [0.1, 0.15) is 29.5 Å². The van der Waals surface area contributed by atoms with Crippen LogP contribution in [0, 0.1) is 6.92 Å². The van der Waals surface area contributed by atoms with E-state index in [2.05, 4.69) is 15.3 Å². The number of nitrogens with two attached hydrogens (primary N) is 1. The van der Waals surface area contributed by atoms with Crippen LogP contribution in [-0.4, -0.2) is 23.2 Å². The van der Waals surface area contributed by atoms with Gasteiger partial charge in [0.25, 0.3) is 0 Å². The first-order chi connectivity index (χ1) is 10.2. The van der Waals surface area contributed by atoms with Crippen LogP contribution in [0.3, 0.4) is 0 Å². The number of hydrogen-bond acceptors (Lipinski definition) is 6. The lowest BCUT2D eigenvalue weighted by Gasteiger charge is -2.15. The molecule has 6 nitrogen and oxygen atoms in total. The second-order valence-corrected chi connectivity index (χ2v) is 4.38. The van der Waals surface area contributed by atoms with Crippen LogP contribution >= 0.6 is 0 Å². The fourth-order valence-corrected chi connectivity index (χ4v) is 1.86. The van der Waals surface area contributed by atoms with Crippen molar-refractivity contribution in [1.82, 2.24) is 9.97 Å². The molecule has 2 aromatic rings. The maximum atomic E-state index is 5.80. The van der Waals surface area contributed by atoms with E-state index < -0.39 is 0 Å². The van der Waals surface area contributed by atoms with Crippen LogP contribution in [0.25, 0.3) is 0 Å². The lowest BCUT2D eigenvalue weighted by atomic mass is 10.2. The molecule has 0 amide bonds. The van der Waals surface area contributed by atoms with E-state index in [9.17, 15) is 0 Å². The molecule has 0 fully saturated rings. The van der Waals surface area contributed by atoms with Gasteiger partial charge in [-0.1, -0.05) is 0 Å². The van der Waals surface area contributed by atoms with Crippen LogP contribution in [0.4, 0.5) is 17.3 Å². The molecule has 0 atom stereocenters. The summed E-state index contributed by atoms with van der Waals surface area (Å²) in [6, 6.07) is 5.63. The largest absolute Gasteiger partial charge is 0.494 e.